The molecule has 47 heavy (non-hydrogen) atoms. The van der Waals surface area contributed by atoms with Gasteiger partial charge in [0.05, 0.1) is 22.6 Å². The summed E-state index contributed by atoms with van der Waals surface area (Å²) in [5, 5.41) is 3.57. The fourth-order valence-corrected chi connectivity index (χ4v) is 7.23. The molecule has 0 bridgehead atoms. The Morgan fingerprint density at radius 1 is 0.404 bits per heavy atom. The zero-order chi connectivity index (χ0) is 31.5. The lowest BCUT2D eigenvalue weighted by molar-refractivity contribution is 0.661. The second kappa shape index (κ2) is 10.6. The van der Waals surface area contributed by atoms with E-state index in [1.807, 2.05) is 36.4 Å². The molecule has 0 unspecified atom stereocenters. The van der Waals surface area contributed by atoms with Gasteiger partial charge in [0.15, 0.2) is 5.82 Å². The zero-order valence-electron chi connectivity index (χ0n) is 26.3. The van der Waals surface area contributed by atoms with Crippen LogP contribution in [-0.4, -0.2) is 15.0 Å². The molecule has 222 valence electrons. The van der Waals surface area contributed by atoms with Gasteiger partial charge in [0, 0.05) is 38.4 Å². The number of aromatic nitrogens is 3. The Labute approximate surface area is 274 Å². The van der Waals surface area contributed by atoms with E-state index in [0.29, 0.717) is 5.82 Å². The van der Waals surface area contributed by atoms with Gasteiger partial charge in [-0.25, -0.2) is 15.0 Å². The first kappa shape index (κ1) is 27.4. The van der Waals surface area contributed by atoms with E-state index in [9.17, 15) is 0 Å². The van der Waals surface area contributed by atoms with Crippen molar-refractivity contribution in [1.82, 2.24) is 15.0 Å². The highest BCUT2D eigenvalue weighted by Gasteiger charge is 2.35. The summed E-state index contributed by atoms with van der Waals surface area (Å²) >= 11 is 0. The van der Waals surface area contributed by atoms with Crippen LogP contribution in [0.4, 0.5) is 0 Å². The normalized spacial score (nSPS) is 13.1. The second-order valence-electron chi connectivity index (χ2n) is 12.9. The molecule has 0 amide bonds. The number of para-hydroxylation sites is 1. The summed E-state index contributed by atoms with van der Waals surface area (Å²) < 4.78 is 0. The Morgan fingerprint density at radius 3 is 1.70 bits per heavy atom. The minimum atomic E-state index is -0.0928. The molecule has 0 saturated carbocycles. The monoisotopic (exact) mass is 601 g/mol. The third kappa shape index (κ3) is 4.46. The van der Waals surface area contributed by atoms with Crippen molar-refractivity contribution < 1.29 is 0 Å². The van der Waals surface area contributed by atoms with Crippen LogP contribution >= 0.6 is 0 Å². The van der Waals surface area contributed by atoms with Crippen LogP contribution in [0.25, 0.3) is 78.0 Å². The number of hydrogen-bond acceptors (Lipinski definition) is 3. The van der Waals surface area contributed by atoms with Crippen molar-refractivity contribution in [1.29, 1.82) is 0 Å². The molecule has 2 aromatic heterocycles. The van der Waals surface area contributed by atoms with E-state index >= 15 is 0 Å². The lowest BCUT2D eigenvalue weighted by Crippen LogP contribution is -2.14. The molecule has 0 fully saturated rings. The van der Waals surface area contributed by atoms with Crippen LogP contribution in [0.1, 0.15) is 25.0 Å². The highest BCUT2D eigenvalue weighted by molar-refractivity contribution is 6.13. The third-order valence-corrected chi connectivity index (χ3v) is 9.69. The van der Waals surface area contributed by atoms with Crippen molar-refractivity contribution in [3.05, 3.63) is 163 Å². The molecule has 1 aliphatic carbocycles. The van der Waals surface area contributed by atoms with Gasteiger partial charge in [0.2, 0.25) is 0 Å². The number of hydrogen-bond donors (Lipinski definition) is 0. The third-order valence-electron chi connectivity index (χ3n) is 9.69. The molecule has 0 N–H and O–H groups in total. The van der Waals surface area contributed by atoms with Gasteiger partial charge >= 0.3 is 0 Å². The maximum Gasteiger partial charge on any atom is 0.160 e. The summed E-state index contributed by atoms with van der Waals surface area (Å²) in [4.78, 5) is 15.4. The van der Waals surface area contributed by atoms with Crippen LogP contribution in [0.15, 0.2) is 152 Å². The fraction of sp³-hybridized carbons (Fsp3) is 0.0682. The summed E-state index contributed by atoms with van der Waals surface area (Å²) in [6.45, 7) is 4.67. The van der Waals surface area contributed by atoms with E-state index in [1.165, 1.54) is 38.4 Å². The summed E-state index contributed by atoms with van der Waals surface area (Å²) in [7, 11) is 0. The standard InChI is InChI=1S/C44H31N3/c1-44(2)37-19-11-9-17-32(37)35-25-34-33-18-10-12-20-39(33)45-42(36(34)26-38(35)44)30-21-23-31(24-22-30)43-46-40(28-13-5-3-6-14-28)27-41(47-43)29-15-7-4-8-16-29/h3-27H,1-2H3. The lowest BCUT2D eigenvalue weighted by atomic mass is 9.81. The van der Waals surface area contributed by atoms with Gasteiger partial charge in [-0.05, 0) is 51.9 Å². The molecular weight excluding hydrogens is 571 g/mol. The van der Waals surface area contributed by atoms with Crippen LogP contribution in [0, 0.1) is 0 Å². The van der Waals surface area contributed by atoms with Gasteiger partial charge in [0.1, 0.15) is 0 Å². The predicted molar refractivity (Wildman–Crippen MR) is 194 cm³/mol. The maximum atomic E-state index is 5.27. The first-order valence-electron chi connectivity index (χ1n) is 16.1. The molecule has 6 aromatic carbocycles. The van der Waals surface area contributed by atoms with Crippen molar-refractivity contribution in [2.24, 2.45) is 0 Å². The number of fused-ring (bicyclic) bond motifs is 6. The quantitative estimate of drug-likeness (QED) is 0.188. The number of nitrogens with zero attached hydrogens (tertiary/aromatic N) is 3. The fourth-order valence-electron chi connectivity index (χ4n) is 7.23. The first-order chi connectivity index (χ1) is 23.0. The molecule has 2 heterocycles. The molecular formula is C44H31N3. The van der Waals surface area contributed by atoms with Gasteiger partial charge in [-0.3, -0.25) is 0 Å². The molecule has 1 aliphatic rings. The second-order valence-corrected chi connectivity index (χ2v) is 12.9. The highest BCUT2D eigenvalue weighted by atomic mass is 14.9. The minimum Gasteiger partial charge on any atom is -0.247 e. The van der Waals surface area contributed by atoms with E-state index in [-0.39, 0.29) is 5.41 Å². The topological polar surface area (TPSA) is 38.7 Å². The summed E-state index contributed by atoms with van der Waals surface area (Å²) in [6, 6.07) is 53.4. The molecule has 0 atom stereocenters. The maximum absolute atomic E-state index is 5.27. The van der Waals surface area contributed by atoms with Crippen LogP contribution in [0.3, 0.4) is 0 Å². The van der Waals surface area contributed by atoms with Gasteiger partial charge in [-0.15, -0.1) is 0 Å². The SMILES string of the molecule is CC1(C)c2ccccc2-c2cc3c(cc21)c(-c1ccc(-c2nc(-c4ccccc4)cc(-c4ccccc4)n2)cc1)nc1ccccc13. The summed E-state index contributed by atoms with van der Waals surface area (Å²) in [6.07, 6.45) is 0. The van der Waals surface area contributed by atoms with E-state index in [1.54, 1.807) is 0 Å². The zero-order valence-corrected chi connectivity index (χ0v) is 26.3. The molecule has 0 radical (unpaired) electrons. The van der Waals surface area contributed by atoms with Crippen molar-refractivity contribution >= 4 is 21.7 Å². The average molecular weight is 602 g/mol. The molecule has 0 saturated heterocycles. The average Bonchev–Trinajstić information content (AvgIpc) is 3.36. The molecule has 9 rings (SSSR count). The molecule has 3 heteroatoms. The highest BCUT2D eigenvalue weighted by Crippen LogP contribution is 2.51. The van der Waals surface area contributed by atoms with Crippen molar-refractivity contribution in [2.45, 2.75) is 19.3 Å². The number of rotatable bonds is 4. The smallest absolute Gasteiger partial charge is 0.160 e. The van der Waals surface area contributed by atoms with E-state index < -0.39 is 0 Å². The molecule has 3 nitrogen and oxygen atoms in total. The molecule has 0 aliphatic heterocycles. The van der Waals surface area contributed by atoms with Gasteiger partial charge in [-0.1, -0.05) is 141 Å². The van der Waals surface area contributed by atoms with Gasteiger partial charge in [-0.2, -0.15) is 0 Å². The Hall–Kier alpha value is -5.93. The predicted octanol–water partition coefficient (Wildman–Crippen LogP) is 11.2. The lowest BCUT2D eigenvalue weighted by Gasteiger charge is -2.22. The molecule has 8 aromatic rings. The minimum absolute atomic E-state index is 0.0928. The van der Waals surface area contributed by atoms with E-state index in [0.717, 1.165) is 44.9 Å². The Morgan fingerprint density at radius 2 is 1.00 bits per heavy atom. The Balaban J connectivity index is 1.20. The van der Waals surface area contributed by atoms with Crippen LogP contribution in [0.2, 0.25) is 0 Å². The summed E-state index contributed by atoms with van der Waals surface area (Å²) in [5.41, 5.74) is 13.2. The Kier molecular flexibility index (Phi) is 6.16. The van der Waals surface area contributed by atoms with E-state index in [4.69, 9.17) is 15.0 Å². The van der Waals surface area contributed by atoms with Gasteiger partial charge < -0.3 is 0 Å². The number of benzene rings is 6. The number of pyridine rings is 1. The van der Waals surface area contributed by atoms with E-state index in [2.05, 4.69) is 129 Å². The summed E-state index contributed by atoms with van der Waals surface area (Å²) in [5.74, 6) is 0.699. The van der Waals surface area contributed by atoms with Crippen LogP contribution < -0.4 is 0 Å². The van der Waals surface area contributed by atoms with Crippen molar-refractivity contribution in [3.63, 3.8) is 0 Å². The van der Waals surface area contributed by atoms with Crippen LogP contribution in [-0.2, 0) is 5.41 Å². The van der Waals surface area contributed by atoms with Crippen molar-refractivity contribution in [2.75, 3.05) is 0 Å². The molecule has 0 spiro atoms. The largest absolute Gasteiger partial charge is 0.247 e. The van der Waals surface area contributed by atoms with Crippen molar-refractivity contribution in [3.8, 4) is 56.3 Å². The van der Waals surface area contributed by atoms with Crippen LogP contribution in [0.5, 0.6) is 0 Å². The Bertz CT molecular complexity index is 2410. The van der Waals surface area contributed by atoms with Gasteiger partial charge in [0.25, 0.3) is 0 Å². The first-order valence-corrected chi connectivity index (χ1v) is 16.1.